The molecular formula is C17H28ClN3O. The van der Waals surface area contributed by atoms with Crippen molar-refractivity contribution in [2.24, 2.45) is 11.7 Å². The van der Waals surface area contributed by atoms with Gasteiger partial charge in [-0.3, -0.25) is 9.69 Å². The fourth-order valence-electron chi connectivity index (χ4n) is 3.17. The molecule has 0 aromatic heterocycles. The molecule has 0 radical (unpaired) electrons. The minimum Gasteiger partial charge on any atom is -0.330 e. The second kappa shape index (κ2) is 8.51. The van der Waals surface area contributed by atoms with E-state index in [1.165, 1.54) is 5.56 Å². The molecule has 0 bridgehead atoms. The Morgan fingerprint density at radius 2 is 2.18 bits per heavy atom. The lowest BCUT2D eigenvalue weighted by Crippen LogP contribution is -2.36. The van der Waals surface area contributed by atoms with Gasteiger partial charge in [0.1, 0.15) is 0 Å². The summed E-state index contributed by atoms with van der Waals surface area (Å²) in [5, 5.41) is 3.10. The molecule has 0 spiro atoms. The zero-order valence-electron chi connectivity index (χ0n) is 13.8. The summed E-state index contributed by atoms with van der Waals surface area (Å²) in [7, 11) is 0. The Morgan fingerprint density at radius 1 is 1.45 bits per heavy atom. The molecule has 2 atom stereocenters. The summed E-state index contributed by atoms with van der Waals surface area (Å²) < 4.78 is 0. The average Bonchev–Trinajstić information content (AvgIpc) is 2.81. The predicted molar refractivity (Wildman–Crippen MR) is 94.6 cm³/mol. The van der Waals surface area contributed by atoms with E-state index in [1.807, 2.05) is 19.1 Å². The summed E-state index contributed by atoms with van der Waals surface area (Å²) in [6.07, 6.45) is 2.01. The number of aryl methyl sites for hydroxylation is 2. The molecule has 0 saturated carbocycles. The summed E-state index contributed by atoms with van der Waals surface area (Å²) in [6.45, 7) is 8.42. The number of amides is 1. The fraction of sp³-hybridized carbons (Fsp3) is 0.588. The first-order valence-electron chi connectivity index (χ1n) is 7.87. The van der Waals surface area contributed by atoms with E-state index < -0.39 is 0 Å². The molecule has 1 saturated heterocycles. The van der Waals surface area contributed by atoms with Crippen LogP contribution in [0.25, 0.3) is 0 Å². The Morgan fingerprint density at radius 3 is 2.77 bits per heavy atom. The highest BCUT2D eigenvalue weighted by molar-refractivity contribution is 5.93. The predicted octanol–water partition coefficient (Wildman–Crippen LogP) is 2.59. The Kier molecular flexibility index (Phi) is 7.33. The lowest BCUT2D eigenvalue weighted by atomic mass is 10.1. The zero-order chi connectivity index (χ0) is 15.4. The van der Waals surface area contributed by atoms with Crippen molar-refractivity contribution < 1.29 is 4.79 Å². The summed E-state index contributed by atoms with van der Waals surface area (Å²) in [5.41, 5.74) is 9.04. The number of carbonyl (C=O) groups is 1. The molecule has 1 aromatic carbocycles. The van der Waals surface area contributed by atoms with Gasteiger partial charge in [-0.15, -0.1) is 12.4 Å². The summed E-state index contributed by atoms with van der Waals surface area (Å²) in [6, 6.07) is 6.59. The number of anilines is 1. The van der Waals surface area contributed by atoms with Gasteiger partial charge in [0.15, 0.2) is 0 Å². The molecule has 2 unspecified atom stereocenters. The maximum absolute atomic E-state index is 12.3. The first kappa shape index (κ1) is 18.9. The Bertz CT molecular complexity index is 507. The SMILES string of the molecule is CCc1cccc(C)c1NC(=O)CN1CC(CN)CC1C.Cl. The van der Waals surface area contributed by atoms with Crippen LogP contribution in [0.15, 0.2) is 18.2 Å². The lowest BCUT2D eigenvalue weighted by Gasteiger charge is -2.21. The van der Waals surface area contributed by atoms with Gasteiger partial charge < -0.3 is 11.1 Å². The molecule has 22 heavy (non-hydrogen) atoms. The maximum Gasteiger partial charge on any atom is 0.238 e. The number of nitrogens with one attached hydrogen (secondary N) is 1. The number of hydrogen-bond acceptors (Lipinski definition) is 3. The molecule has 1 fully saturated rings. The molecule has 124 valence electrons. The summed E-state index contributed by atoms with van der Waals surface area (Å²) in [4.78, 5) is 14.6. The van der Waals surface area contributed by atoms with Crippen molar-refractivity contribution in [2.75, 3.05) is 25.0 Å². The van der Waals surface area contributed by atoms with Gasteiger partial charge in [0.2, 0.25) is 5.91 Å². The van der Waals surface area contributed by atoms with Gasteiger partial charge >= 0.3 is 0 Å². The Hall–Kier alpha value is -1.10. The third-order valence-corrected chi connectivity index (χ3v) is 4.47. The van der Waals surface area contributed by atoms with Crippen LogP contribution in [0, 0.1) is 12.8 Å². The third kappa shape index (κ3) is 4.45. The lowest BCUT2D eigenvalue weighted by molar-refractivity contribution is -0.117. The van der Waals surface area contributed by atoms with E-state index in [4.69, 9.17) is 5.73 Å². The third-order valence-electron chi connectivity index (χ3n) is 4.47. The van der Waals surface area contributed by atoms with Gasteiger partial charge in [-0.25, -0.2) is 0 Å². The molecule has 2 rings (SSSR count). The molecule has 5 heteroatoms. The van der Waals surface area contributed by atoms with Crippen LogP contribution >= 0.6 is 12.4 Å². The molecule has 3 N–H and O–H groups in total. The van der Waals surface area contributed by atoms with Crippen molar-refractivity contribution in [1.82, 2.24) is 4.90 Å². The molecular weight excluding hydrogens is 298 g/mol. The maximum atomic E-state index is 12.3. The Balaban J connectivity index is 0.00000242. The van der Waals surface area contributed by atoms with Crippen molar-refractivity contribution in [2.45, 2.75) is 39.7 Å². The molecule has 0 aliphatic carbocycles. The van der Waals surface area contributed by atoms with E-state index in [9.17, 15) is 4.79 Å². The number of benzene rings is 1. The minimum absolute atomic E-state index is 0. The molecule has 1 aliphatic heterocycles. The standard InChI is InChI=1S/C17H27N3O.ClH/c1-4-15-7-5-6-12(2)17(15)19-16(21)11-20-10-14(9-18)8-13(20)3;/h5-7,13-14H,4,8-11,18H2,1-3H3,(H,19,21);1H. The van der Waals surface area contributed by atoms with Crippen molar-refractivity contribution >= 4 is 24.0 Å². The van der Waals surface area contributed by atoms with Crippen LogP contribution < -0.4 is 11.1 Å². The van der Waals surface area contributed by atoms with E-state index in [0.717, 1.165) is 30.6 Å². The van der Waals surface area contributed by atoms with Crippen LogP contribution in [-0.2, 0) is 11.2 Å². The number of likely N-dealkylation sites (tertiary alicyclic amines) is 1. The summed E-state index contributed by atoms with van der Waals surface area (Å²) in [5.74, 6) is 0.598. The van der Waals surface area contributed by atoms with Crippen molar-refractivity contribution in [3.05, 3.63) is 29.3 Å². The van der Waals surface area contributed by atoms with Crippen molar-refractivity contribution in [3.63, 3.8) is 0 Å². The molecule has 1 heterocycles. The fourth-order valence-corrected chi connectivity index (χ4v) is 3.17. The molecule has 1 aromatic rings. The number of hydrogen-bond donors (Lipinski definition) is 2. The average molecular weight is 326 g/mol. The van der Waals surface area contributed by atoms with Crippen LogP contribution in [0.3, 0.4) is 0 Å². The number of para-hydroxylation sites is 1. The first-order valence-corrected chi connectivity index (χ1v) is 7.87. The first-order chi connectivity index (χ1) is 10.0. The number of nitrogens with two attached hydrogens (primary N) is 1. The monoisotopic (exact) mass is 325 g/mol. The highest BCUT2D eigenvalue weighted by Gasteiger charge is 2.29. The summed E-state index contributed by atoms with van der Waals surface area (Å²) >= 11 is 0. The van der Waals surface area contributed by atoms with Crippen LogP contribution in [0.2, 0.25) is 0 Å². The largest absolute Gasteiger partial charge is 0.330 e. The van der Waals surface area contributed by atoms with Crippen molar-refractivity contribution in [1.29, 1.82) is 0 Å². The molecule has 4 nitrogen and oxygen atoms in total. The second-order valence-electron chi connectivity index (χ2n) is 6.13. The highest BCUT2D eigenvalue weighted by Crippen LogP contribution is 2.23. The normalized spacial score (nSPS) is 21.5. The second-order valence-corrected chi connectivity index (χ2v) is 6.13. The van der Waals surface area contributed by atoms with Gasteiger partial charge in [-0.05, 0) is 50.3 Å². The van der Waals surface area contributed by atoms with Gasteiger partial charge in [0, 0.05) is 18.3 Å². The smallest absolute Gasteiger partial charge is 0.238 e. The molecule has 1 aliphatic rings. The van der Waals surface area contributed by atoms with E-state index in [2.05, 4.69) is 30.1 Å². The van der Waals surface area contributed by atoms with Crippen LogP contribution in [0.5, 0.6) is 0 Å². The topological polar surface area (TPSA) is 58.4 Å². The van der Waals surface area contributed by atoms with Gasteiger partial charge in [-0.1, -0.05) is 25.1 Å². The molecule has 1 amide bonds. The quantitative estimate of drug-likeness (QED) is 0.874. The van der Waals surface area contributed by atoms with Gasteiger partial charge in [-0.2, -0.15) is 0 Å². The van der Waals surface area contributed by atoms with Crippen LogP contribution in [0.4, 0.5) is 5.69 Å². The van der Waals surface area contributed by atoms with Gasteiger partial charge in [0.05, 0.1) is 6.54 Å². The number of rotatable bonds is 5. The van der Waals surface area contributed by atoms with Crippen molar-refractivity contribution in [3.8, 4) is 0 Å². The highest BCUT2D eigenvalue weighted by atomic mass is 35.5. The van der Waals surface area contributed by atoms with E-state index in [-0.39, 0.29) is 18.3 Å². The number of nitrogens with zero attached hydrogens (tertiary/aromatic N) is 1. The number of carbonyl (C=O) groups excluding carboxylic acids is 1. The zero-order valence-corrected chi connectivity index (χ0v) is 14.6. The van der Waals surface area contributed by atoms with Crippen LogP contribution in [0.1, 0.15) is 31.4 Å². The van der Waals surface area contributed by atoms with Crippen LogP contribution in [-0.4, -0.2) is 36.5 Å². The van der Waals surface area contributed by atoms with E-state index in [0.29, 0.717) is 25.0 Å². The van der Waals surface area contributed by atoms with E-state index >= 15 is 0 Å². The van der Waals surface area contributed by atoms with E-state index in [1.54, 1.807) is 0 Å². The van der Waals surface area contributed by atoms with Gasteiger partial charge in [0.25, 0.3) is 0 Å². The number of halogens is 1. The minimum atomic E-state index is 0. The Labute approximate surface area is 139 Å².